The average Bonchev–Trinajstić information content (AvgIpc) is 2.81. The fourth-order valence-electron chi connectivity index (χ4n) is 1.67. The lowest BCUT2D eigenvalue weighted by molar-refractivity contribution is -0.122. The topological polar surface area (TPSA) is 85.8 Å². The third kappa shape index (κ3) is 5.00. The molecule has 3 N–H and O–H groups in total. The summed E-state index contributed by atoms with van der Waals surface area (Å²) in [5.74, 6) is 0.455. The molecule has 0 bridgehead atoms. The van der Waals surface area contributed by atoms with Crippen LogP contribution in [0.25, 0.3) is 0 Å². The molecule has 1 aromatic heterocycles. The van der Waals surface area contributed by atoms with Crippen LogP contribution in [-0.2, 0) is 18.4 Å². The van der Waals surface area contributed by atoms with E-state index in [2.05, 4.69) is 15.5 Å². The highest BCUT2D eigenvalue weighted by molar-refractivity contribution is 5.85. The molecule has 1 amide bonds. The van der Waals surface area contributed by atoms with Gasteiger partial charge in [-0.15, -0.1) is 35.0 Å². The van der Waals surface area contributed by atoms with Gasteiger partial charge in [-0.3, -0.25) is 4.79 Å². The number of nitrogens with two attached hydrogens (primary N) is 1. The molecule has 0 aliphatic heterocycles. The summed E-state index contributed by atoms with van der Waals surface area (Å²) < 4.78 is 1.75. The second-order valence-corrected chi connectivity index (χ2v) is 4.46. The van der Waals surface area contributed by atoms with Gasteiger partial charge < -0.3 is 15.6 Å². The lowest BCUT2D eigenvalue weighted by atomic mass is 10.1. The van der Waals surface area contributed by atoms with Crippen LogP contribution in [0, 0.1) is 6.92 Å². The first-order chi connectivity index (χ1) is 9.08. The van der Waals surface area contributed by atoms with Gasteiger partial charge in [-0.2, -0.15) is 0 Å². The number of halogens is 2. The van der Waals surface area contributed by atoms with E-state index in [9.17, 15) is 4.79 Å². The van der Waals surface area contributed by atoms with E-state index in [0.717, 1.165) is 11.1 Å². The fourth-order valence-corrected chi connectivity index (χ4v) is 1.67. The highest BCUT2D eigenvalue weighted by Crippen LogP contribution is 2.11. The lowest BCUT2D eigenvalue weighted by Gasteiger charge is -2.12. The zero-order valence-corrected chi connectivity index (χ0v) is 13.4. The SMILES string of the molecule is Cc1ccc(C(N)C(=O)NCc2nncn2C)cc1.Cl.Cl. The van der Waals surface area contributed by atoms with Crippen molar-refractivity contribution in [3.05, 3.63) is 47.5 Å². The normalized spacial score (nSPS) is 11.0. The first-order valence-corrected chi connectivity index (χ1v) is 6.00. The van der Waals surface area contributed by atoms with Crippen LogP contribution >= 0.6 is 24.8 Å². The van der Waals surface area contributed by atoms with Crippen molar-refractivity contribution in [3.8, 4) is 0 Å². The molecule has 1 heterocycles. The minimum absolute atomic E-state index is 0. The number of hydrogen-bond acceptors (Lipinski definition) is 4. The Kier molecular flexibility index (Phi) is 7.94. The van der Waals surface area contributed by atoms with E-state index in [1.807, 2.05) is 38.2 Å². The number of nitrogens with zero attached hydrogens (tertiary/aromatic N) is 3. The quantitative estimate of drug-likeness (QED) is 0.883. The van der Waals surface area contributed by atoms with Gasteiger partial charge in [0.05, 0.1) is 6.54 Å². The summed E-state index contributed by atoms with van der Waals surface area (Å²) in [5, 5.41) is 10.4. The van der Waals surface area contributed by atoms with Gasteiger partial charge in [0, 0.05) is 7.05 Å². The Morgan fingerprint density at radius 3 is 2.48 bits per heavy atom. The van der Waals surface area contributed by atoms with Crippen LogP contribution in [0.2, 0.25) is 0 Å². The van der Waals surface area contributed by atoms with E-state index in [-0.39, 0.29) is 30.7 Å². The summed E-state index contributed by atoms with van der Waals surface area (Å²) in [7, 11) is 1.82. The highest BCUT2D eigenvalue weighted by Gasteiger charge is 2.15. The molecule has 1 atom stereocenters. The molecule has 2 aromatic rings. The smallest absolute Gasteiger partial charge is 0.241 e. The summed E-state index contributed by atoms with van der Waals surface area (Å²) in [6.45, 7) is 2.30. The van der Waals surface area contributed by atoms with Crippen LogP contribution in [0.1, 0.15) is 23.0 Å². The van der Waals surface area contributed by atoms with Crippen molar-refractivity contribution in [3.63, 3.8) is 0 Å². The van der Waals surface area contributed by atoms with E-state index in [1.54, 1.807) is 10.9 Å². The monoisotopic (exact) mass is 331 g/mol. The molecule has 0 saturated carbocycles. The van der Waals surface area contributed by atoms with Crippen LogP contribution in [0.15, 0.2) is 30.6 Å². The van der Waals surface area contributed by atoms with E-state index in [1.165, 1.54) is 0 Å². The minimum Gasteiger partial charge on any atom is -0.347 e. The molecule has 1 unspecified atom stereocenters. The summed E-state index contributed by atoms with van der Waals surface area (Å²) >= 11 is 0. The molecular formula is C13H19Cl2N5O. The van der Waals surface area contributed by atoms with Crippen LogP contribution in [0.5, 0.6) is 0 Å². The number of aryl methyl sites for hydroxylation is 2. The number of benzene rings is 1. The summed E-state index contributed by atoms with van der Waals surface area (Å²) in [6, 6.07) is 6.92. The van der Waals surface area contributed by atoms with Crippen molar-refractivity contribution in [2.75, 3.05) is 0 Å². The zero-order chi connectivity index (χ0) is 13.8. The molecule has 21 heavy (non-hydrogen) atoms. The molecule has 0 spiro atoms. The third-order valence-corrected chi connectivity index (χ3v) is 2.94. The van der Waals surface area contributed by atoms with Gasteiger partial charge in [0.15, 0.2) is 5.82 Å². The maximum atomic E-state index is 11.9. The zero-order valence-electron chi connectivity index (χ0n) is 11.8. The number of nitrogens with one attached hydrogen (secondary N) is 1. The molecule has 0 aliphatic carbocycles. The third-order valence-electron chi connectivity index (χ3n) is 2.94. The summed E-state index contributed by atoms with van der Waals surface area (Å²) in [5.41, 5.74) is 7.84. The average molecular weight is 332 g/mol. The maximum Gasteiger partial charge on any atom is 0.241 e. The summed E-state index contributed by atoms with van der Waals surface area (Å²) in [4.78, 5) is 11.9. The van der Waals surface area contributed by atoms with Crippen molar-refractivity contribution in [2.45, 2.75) is 19.5 Å². The Hall–Kier alpha value is -1.63. The number of carbonyl (C=O) groups is 1. The molecule has 0 saturated heterocycles. The van der Waals surface area contributed by atoms with Crippen molar-refractivity contribution >= 4 is 30.7 Å². The maximum absolute atomic E-state index is 11.9. The number of amides is 1. The number of rotatable bonds is 4. The van der Waals surface area contributed by atoms with E-state index < -0.39 is 6.04 Å². The van der Waals surface area contributed by atoms with Crippen molar-refractivity contribution in [1.82, 2.24) is 20.1 Å². The van der Waals surface area contributed by atoms with Crippen molar-refractivity contribution in [2.24, 2.45) is 12.8 Å². The molecule has 0 radical (unpaired) electrons. The van der Waals surface area contributed by atoms with Crippen LogP contribution in [0.3, 0.4) is 0 Å². The molecule has 6 nitrogen and oxygen atoms in total. The predicted octanol–water partition coefficient (Wildman–Crippen LogP) is 1.28. The minimum atomic E-state index is -0.672. The number of carbonyl (C=O) groups excluding carboxylic acids is 1. The Balaban J connectivity index is 0.00000200. The first-order valence-electron chi connectivity index (χ1n) is 6.00. The van der Waals surface area contributed by atoms with E-state index in [0.29, 0.717) is 12.4 Å². The second kappa shape index (κ2) is 8.61. The number of hydrogen-bond donors (Lipinski definition) is 2. The Bertz CT molecular complexity index is 570. The van der Waals surface area contributed by atoms with Gasteiger partial charge in [-0.25, -0.2) is 0 Å². The van der Waals surface area contributed by atoms with Crippen LogP contribution in [-0.4, -0.2) is 20.7 Å². The Labute approximate surface area is 135 Å². The first kappa shape index (κ1) is 19.4. The number of aromatic nitrogens is 3. The molecule has 116 valence electrons. The standard InChI is InChI=1S/C13H17N5O.2ClH/c1-9-3-5-10(6-4-9)12(14)13(19)15-7-11-17-16-8-18(11)2;;/h3-6,8,12H,7,14H2,1-2H3,(H,15,19);2*1H. The Morgan fingerprint density at radius 2 is 1.95 bits per heavy atom. The molecule has 8 heteroatoms. The molecular weight excluding hydrogens is 313 g/mol. The molecule has 1 aromatic carbocycles. The Morgan fingerprint density at radius 1 is 1.33 bits per heavy atom. The van der Waals surface area contributed by atoms with Crippen molar-refractivity contribution in [1.29, 1.82) is 0 Å². The molecule has 0 fully saturated rings. The summed E-state index contributed by atoms with van der Waals surface area (Å²) in [6.07, 6.45) is 1.58. The lowest BCUT2D eigenvalue weighted by Crippen LogP contribution is -2.34. The van der Waals surface area contributed by atoms with Gasteiger partial charge in [0.1, 0.15) is 12.4 Å². The molecule has 2 rings (SSSR count). The van der Waals surface area contributed by atoms with Gasteiger partial charge >= 0.3 is 0 Å². The van der Waals surface area contributed by atoms with E-state index in [4.69, 9.17) is 5.73 Å². The van der Waals surface area contributed by atoms with Crippen LogP contribution < -0.4 is 11.1 Å². The highest BCUT2D eigenvalue weighted by atomic mass is 35.5. The second-order valence-electron chi connectivity index (χ2n) is 4.46. The predicted molar refractivity (Wildman–Crippen MR) is 85.5 cm³/mol. The van der Waals surface area contributed by atoms with Gasteiger partial charge in [0.25, 0.3) is 0 Å². The van der Waals surface area contributed by atoms with Gasteiger partial charge in [-0.05, 0) is 12.5 Å². The van der Waals surface area contributed by atoms with Crippen molar-refractivity contribution < 1.29 is 4.79 Å². The van der Waals surface area contributed by atoms with E-state index >= 15 is 0 Å². The molecule has 0 aliphatic rings. The van der Waals surface area contributed by atoms with Gasteiger partial charge in [0.2, 0.25) is 5.91 Å². The van der Waals surface area contributed by atoms with Gasteiger partial charge in [-0.1, -0.05) is 29.8 Å². The van der Waals surface area contributed by atoms with Crippen LogP contribution in [0.4, 0.5) is 0 Å². The fraction of sp³-hybridized carbons (Fsp3) is 0.308. The largest absolute Gasteiger partial charge is 0.347 e.